The smallest absolute Gasteiger partial charge is 0.0243 e. The second kappa shape index (κ2) is 7.24. The lowest BCUT2D eigenvalue weighted by Crippen LogP contribution is -2.44. The lowest BCUT2D eigenvalue weighted by Gasteiger charge is -2.31. The molecule has 0 aromatic heterocycles. The molecule has 0 spiro atoms. The first-order valence-electron chi connectivity index (χ1n) is 6.70. The minimum atomic E-state index is 0.754. The van der Waals surface area contributed by atoms with Crippen LogP contribution in [0, 0.1) is 5.92 Å². The Morgan fingerprint density at radius 2 is 1.87 bits per heavy atom. The van der Waals surface area contributed by atoms with Gasteiger partial charge in [-0.2, -0.15) is 0 Å². The molecule has 1 saturated heterocycles. The van der Waals surface area contributed by atoms with Crippen molar-refractivity contribution in [3.63, 3.8) is 0 Å². The molecule has 1 fully saturated rings. The molecule has 0 radical (unpaired) electrons. The fraction of sp³-hybridized carbons (Fsp3) is 1.00. The van der Waals surface area contributed by atoms with E-state index < -0.39 is 0 Å². The highest BCUT2D eigenvalue weighted by molar-refractivity contribution is 4.80. The zero-order valence-electron chi connectivity index (χ0n) is 10.8. The molecule has 1 aliphatic rings. The van der Waals surface area contributed by atoms with Crippen LogP contribution < -0.4 is 5.32 Å². The normalized spacial score (nSPS) is 20.0. The molecular weight excluding hydrogens is 184 g/mol. The third-order valence-electron chi connectivity index (χ3n) is 3.44. The number of rotatable bonds is 7. The maximum atomic E-state index is 3.60. The Labute approximate surface area is 95.4 Å². The Morgan fingerprint density at radius 3 is 2.40 bits per heavy atom. The predicted molar refractivity (Wildman–Crippen MR) is 67.2 cm³/mol. The third kappa shape index (κ3) is 4.52. The molecule has 1 heterocycles. The summed E-state index contributed by atoms with van der Waals surface area (Å²) in [5.41, 5.74) is 0. The van der Waals surface area contributed by atoms with Crippen molar-refractivity contribution >= 4 is 0 Å². The zero-order chi connectivity index (χ0) is 11.1. The van der Waals surface area contributed by atoms with Crippen LogP contribution in [-0.4, -0.2) is 37.1 Å². The van der Waals surface area contributed by atoms with Crippen LogP contribution in [0.15, 0.2) is 0 Å². The van der Waals surface area contributed by atoms with E-state index in [2.05, 4.69) is 31.0 Å². The molecule has 15 heavy (non-hydrogen) atoms. The Hall–Kier alpha value is -0.0800. The van der Waals surface area contributed by atoms with Gasteiger partial charge in [-0.25, -0.2) is 0 Å². The van der Waals surface area contributed by atoms with Crippen molar-refractivity contribution in [3.05, 3.63) is 0 Å². The third-order valence-corrected chi connectivity index (χ3v) is 3.44. The van der Waals surface area contributed by atoms with Crippen molar-refractivity contribution in [2.45, 2.75) is 52.5 Å². The van der Waals surface area contributed by atoms with Gasteiger partial charge in [-0.3, -0.25) is 4.90 Å². The van der Waals surface area contributed by atoms with Gasteiger partial charge in [0.15, 0.2) is 0 Å². The highest BCUT2D eigenvalue weighted by Gasteiger charge is 2.23. The lowest BCUT2D eigenvalue weighted by molar-refractivity contribution is 0.186. The minimum Gasteiger partial charge on any atom is -0.315 e. The highest BCUT2D eigenvalue weighted by Crippen LogP contribution is 2.16. The van der Waals surface area contributed by atoms with Crippen molar-refractivity contribution < 1.29 is 0 Å². The van der Waals surface area contributed by atoms with Gasteiger partial charge in [-0.05, 0) is 44.8 Å². The first-order valence-corrected chi connectivity index (χ1v) is 6.70. The Kier molecular flexibility index (Phi) is 6.26. The summed E-state index contributed by atoms with van der Waals surface area (Å²) in [7, 11) is 0. The van der Waals surface area contributed by atoms with Crippen LogP contribution in [0.5, 0.6) is 0 Å². The molecule has 0 bridgehead atoms. The van der Waals surface area contributed by atoms with Crippen LogP contribution >= 0.6 is 0 Å². The van der Waals surface area contributed by atoms with E-state index >= 15 is 0 Å². The van der Waals surface area contributed by atoms with E-state index in [0.717, 1.165) is 12.0 Å². The standard InChI is InChI=1S/C13H28N2/c1-4-5-8-14-11-13(12(2)3)15-9-6-7-10-15/h12-14H,4-11H2,1-3H3. The quantitative estimate of drug-likeness (QED) is 0.652. The highest BCUT2D eigenvalue weighted by atomic mass is 15.2. The van der Waals surface area contributed by atoms with Crippen LogP contribution in [0.3, 0.4) is 0 Å². The van der Waals surface area contributed by atoms with Crippen LogP contribution in [0.4, 0.5) is 0 Å². The van der Waals surface area contributed by atoms with Crippen molar-refractivity contribution in [1.82, 2.24) is 10.2 Å². The van der Waals surface area contributed by atoms with Gasteiger partial charge in [0.2, 0.25) is 0 Å². The molecular formula is C13H28N2. The average Bonchev–Trinajstić information content (AvgIpc) is 2.70. The number of hydrogen-bond acceptors (Lipinski definition) is 2. The molecule has 1 unspecified atom stereocenters. The van der Waals surface area contributed by atoms with Gasteiger partial charge in [0.25, 0.3) is 0 Å². The molecule has 1 N–H and O–H groups in total. The molecule has 0 aromatic carbocycles. The van der Waals surface area contributed by atoms with E-state index in [0.29, 0.717) is 0 Å². The molecule has 0 saturated carbocycles. The summed E-state index contributed by atoms with van der Waals surface area (Å²) in [5, 5.41) is 3.60. The van der Waals surface area contributed by atoms with Gasteiger partial charge in [0.05, 0.1) is 0 Å². The molecule has 1 atom stereocenters. The number of nitrogens with zero attached hydrogens (tertiary/aromatic N) is 1. The largest absolute Gasteiger partial charge is 0.315 e. The van der Waals surface area contributed by atoms with Crippen LogP contribution in [0.25, 0.3) is 0 Å². The Morgan fingerprint density at radius 1 is 1.20 bits per heavy atom. The minimum absolute atomic E-state index is 0.754. The Bertz CT molecular complexity index is 151. The SMILES string of the molecule is CCCCNCC(C(C)C)N1CCCC1. The first-order chi connectivity index (χ1) is 7.25. The molecule has 90 valence electrons. The van der Waals surface area contributed by atoms with Crippen molar-refractivity contribution in [1.29, 1.82) is 0 Å². The monoisotopic (exact) mass is 212 g/mol. The summed E-state index contributed by atoms with van der Waals surface area (Å²) in [5.74, 6) is 0.775. The number of nitrogens with one attached hydrogen (secondary N) is 1. The number of likely N-dealkylation sites (tertiary alicyclic amines) is 1. The summed E-state index contributed by atoms with van der Waals surface area (Å²) < 4.78 is 0. The maximum Gasteiger partial charge on any atom is 0.0243 e. The van der Waals surface area contributed by atoms with E-state index in [1.807, 2.05) is 0 Å². The molecule has 0 aromatic rings. The zero-order valence-corrected chi connectivity index (χ0v) is 10.8. The van der Waals surface area contributed by atoms with Crippen molar-refractivity contribution in [3.8, 4) is 0 Å². The summed E-state index contributed by atoms with van der Waals surface area (Å²) in [6.45, 7) is 12.0. The fourth-order valence-corrected chi connectivity index (χ4v) is 2.41. The topological polar surface area (TPSA) is 15.3 Å². The molecule has 0 amide bonds. The predicted octanol–water partition coefficient (Wildman–Crippen LogP) is 2.50. The van der Waals surface area contributed by atoms with E-state index in [1.165, 1.54) is 51.9 Å². The summed E-state index contributed by atoms with van der Waals surface area (Å²) in [6, 6.07) is 0.754. The second-order valence-corrected chi connectivity index (χ2v) is 5.11. The van der Waals surface area contributed by atoms with E-state index in [9.17, 15) is 0 Å². The number of hydrogen-bond donors (Lipinski definition) is 1. The van der Waals surface area contributed by atoms with Gasteiger partial charge in [0.1, 0.15) is 0 Å². The summed E-state index contributed by atoms with van der Waals surface area (Å²) in [4.78, 5) is 2.67. The maximum absolute atomic E-state index is 3.60. The molecule has 2 nitrogen and oxygen atoms in total. The van der Waals surface area contributed by atoms with Crippen LogP contribution in [0.1, 0.15) is 46.5 Å². The fourth-order valence-electron chi connectivity index (χ4n) is 2.41. The van der Waals surface area contributed by atoms with E-state index in [1.54, 1.807) is 0 Å². The summed E-state index contributed by atoms with van der Waals surface area (Å²) in [6.07, 6.45) is 5.41. The number of unbranched alkanes of at least 4 members (excludes halogenated alkanes) is 1. The summed E-state index contributed by atoms with van der Waals surface area (Å²) >= 11 is 0. The molecule has 1 rings (SSSR count). The van der Waals surface area contributed by atoms with Gasteiger partial charge >= 0.3 is 0 Å². The average molecular weight is 212 g/mol. The van der Waals surface area contributed by atoms with Crippen LogP contribution in [-0.2, 0) is 0 Å². The van der Waals surface area contributed by atoms with E-state index in [-0.39, 0.29) is 0 Å². The van der Waals surface area contributed by atoms with E-state index in [4.69, 9.17) is 0 Å². The molecule has 2 heteroatoms. The Balaban J connectivity index is 2.24. The van der Waals surface area contributed by atoms with Gasteiger partial charge < -0.3 is 5.32 Å². The van der Waals surface area contributed by atoms with Gasteiger partial charge in [-0.1, -0.05) is 27.2 Å². The van der Waals surface area contributed by atoms with Gasteiger partial charge in [0, 0.05) is 12.6 Å². The second-order valence-electron chi connectivity index (χ2n) is 5.11. The van der Waals surface area contributed by atoms with Crippen molar-refractivity contribution in [2.75, 3.05) is 26.2 Å². The molecule has 0 aliphatic carbocycles. The van der Waals surface area contributed by atoms with Gasteiger partial charge in [-0.15, -0.1) is 0 Å². The lowest BCUT2D eigenvalue weighted by atomic mass is 10.0. The first kappa shape index (κ1) is 13.0. The van der Waals surface area contributed by atoms with Crippen LogP contribution in [0.2, 0.25) is 0 Å². The van der Waals surface area contributed by atoms with Crippen molar-refractivity contribution in [2.24, 2.45) is 5.92 Å². The molecule has 1 aliphatic heterocycles.